The lowest BCUT2D eigenvalue weighted by Gasteiger charge is -2.07. The lowest BCUT2D eigenvalue weighted by atomic mass is 10.3. The van der Waals surface area contributed by atoms with Gasteiger partial charge in [0, 0.05) is 23.2 Å². The Kier molecular flexibility index (Phi) is 3.36. The molecule has 0 aliphatic heterocycles. The van der Waals surface area contributed by atoms with Crippen LogP contribution in [0.25, 0.3) is 0 Å². The minimum atomic E-state index is 0.515. The van der Waals surface area contributed by atoms with Gasteiger partial charge in [0.25, 0.3) is 0 Å². The molecule has 3 heteroatoms. The topological polar surface area (TPSA) is 25.8 Å². The fraction of sp³-hybridized carbons (Fsp3) is 0.500. The Hall–Kier alpha value is -0.570. The van der Waals surface area contributed by atoms with Crippen molar-refractivity contribution in [2.24, 2.45) is 0 Å². The molecule has 11 heavy (non-hydrogen) atoms. The first-order valence-electron chi connectivity index (χ1n) is 3.71. The maximum Gasteiger partial charge on any atom is 0.115 e. The van der Waals surface area contributed by atoms with Crippen molar-refractivity contribution in [3.05, 3.63) is 24.3 Å². The molecule has 1 rings (SSSR count). The summed E-state index contributed by atoms with van der Waals surface area (Å²) in [4.78, 5) is 7.93. The predicted octanol–water partition coefficient (Wildman–Crippen LogP) is 2.29. The van der Waals surface area contributed by atoms with Crippen LogP contribution in [0.1, 0.15) is 24.7 Å². The quantitative estimate of drug-likeness (QED) is 0.692. The molecule has 0 saturated heterocycles. The minimum Gasteiger partial charge on any atom is -0.245 e. The number of nitrogens with zero attached hydrogens (tertiary/aromatic N) is 2. The summed E-state index contributed by atoms with van der Waals surface area (Å²) in [6.07, 6.45) is 5.31. The van der Waals surface area contributed by atoms with E-state index in [1.807, 2.05) is 24.2 Å². The fourth-order valence-electron chi connectivity index (χ4n) is 0.867. The molecule has 0 bridgehead atoms. The van der Waals surface area contributed by atoms with Gasteiger partial charge in [-0.3, -0.25) is 0 Å². The molecule has 0 aliphatic rings. The Bertz CT molecular complexity index is 201. The van der Waals surface area contributed by atoms with Crippen molar-refractivity contribution in [3.63, 3.8) is 0 Å². The second kappa shape index (κ2) is 4.34. The molecule has 0 N–H and O–H groups in total. The van der Waals surface area contributed by atoms with Gasteiger partial charge in [-0.1, -0.05) is 6.92 Å². The van der Waals surface area contributed by atoms with Gasteiger partial charge < -0.3 is 0 Å². The number of rotatable bonds is 3. The van der Waals surface area contributed by atoms with Crippen LogP contribution in [-0.2, 0) is 0 Å². The van der Waals surface area contributed by atoms with Crippen molar-refractivity contribution >= 4 is 11.8 Å². The van der Waals surface area contributed by atoms with Crippen molar-refractivity contribution in [1.82, 2.24) is 9.97 Å². The zero-order valence-electron chi connectivity index (χ0n) is 6.82. The third-order valence-electron chi connectivity index (χ3n) is 1.47. The van der Waals surface area contributed by atoms with Crippen molar-refractivity contribution in [2.45, 2.75) is 19.1 Å². The Morgan fingerprint density at radius 1 is 1.45 bits per heavy atom. The first-order chi connectivity index (χ1) is 5.34. The third kappa shape index (κ3) is 2.50. The van der Waals surface area contributed by atoms with Crippen LogP contribution in [0, 0.1) is 0 Å². The van der Waals surface area contributed by atoms with E-state index < -0.39 is 0 Å². The van der Waals surface area contributed by atoms with Gasteiger partial charge in [-0.25, -0.2) is 9.97 Å². The van der Waals surface area contributed by atoms with Crippen molar-refractivity contribution in [2.75, 3.05) is 5.75 Å². The van der Waals surface area contributed by atoms with Crippen LogP contribution in [0.2, 0.25) is 0 Å². The van der Waals surface area contributed by atoms with Crippen LogP contribution >= 0.6 is 11.8 Å². The molecule has 0 fully saturated rings. The zero-order valence-corrected chi connectivity index (χ0v) is 7.64. The highest BCUT2D eigenvalue weighted by Crippen LogP contribution is 2.25. The standard InChI is InChI=1S/C8H12N2S/c1-3-11-7(2)8-4-9-6-10-5-8/h4-7H,3H2,1-2H3. The molecule has 1 aromatic rings. The molecule has 0 aliphatic carbocycles. The summed E-state index contributed by atoms with van der Waals surface area (Å²) in [5.74, 6) is 1.13. The van der Waals surface area contributed by atoms with Gasteiger partial charge in [0.1, 0.15) is 6.33 Å². The molecule has 0 aromatic carbocycles. The molecule has 0 spiro atoms. The lowest BCUT2D eigenvalue weighted by molar-refractivity contribution is 1.02. The van der Waals surface area contributed by atoms with Crippen molar-refractivity contribution in [1.29, 1.82) is 0 Å². The van der Waals surface area contributed by atoms with Crippen LogP contribution < -0.4 is 0 Å². The number of hydrogen-bond donors (Lipinski definition) is 0. The van der Waals surface area contributed by atoms with Gasteiger partial charge >= 0.3 is 0 Å². The molecular weight excluding hydrogens is 156 g/mol. The first-order valence-corrected chi connectivity index (χ1v) is 4.76. The number of aromatic nitrogens is 2. The van der Waals surface area contributed by atoms with Gasteiger partial charge in [0.2, 0.25) is 0 Å². The van der Waals surface area contributed by atoms with Gasteiger partial charge in [-0.2, -0.15) is 11.8 Å². The van der Waals surface area contributed by atoms with E-state index in [4.69, 9.17) is 0 Å². The predicted molar refractivity (Wildman–Crippen MR) is 48.6 cm³/mol. The number of hydrogen-bond acceptors (Lipinski definition) is 3. The molecule has 60 valence electrons. The fourth-order valence-corrected chi connectivity index (χ4v) is 1.68. The average molecular weight is 168 g/mol. The second-order valence-electron chi connectivity index (χ2n) is 2.27. The van der Waals surface area contributed by atoms with Gasteiger partial charge in [0.15, 0.2) is 0 Å². The average Bonchev–Trinajstić information content (AvgIpc) is 2.07. The van der Waals surface area contributed by atoms with Crippen LogP contribution in [-0.4, -0.2) is 15.7 Å². The van der Waals surface area contributed by atoms with Gasteiger partial charge in [-0.15, -0.1) is 0 Å². The SMILES string of the molecule is CCSC(C)c1cncnc1. The molecule has 0 radical (unpaired) electrons. The summed E-state index contributed by atoms with van der Waals surface area (Å²) in [7, 11) is 0. The summed E-state index contributed by atoms with van der Waals surface area (Å²) < 4.78 is 0. The highest BCUT2D eigenvalue weighted by atomic mass is 32.2. The van der Waals surface area contributed by atoms with E-state index in [9.17, 15) is 0 Å². The maximum atomic E-state index is 3.96. The van der Waals surface area contributed by atoms with Crippen molar-refractivity contribution < 1.29 is 0 Å². The summed E-state index contributed by atoms with van der Waals surface area (Å²) in [5.41, 5.74) is 1.21. The second-order valence-corrected chi connectivity index (χ2v) is 3.89. The molecule has 1 atom stereocenters. The monoisotopic (exact) mass is 168 g/mol. The van der Waals surface area contributed by atoms with Crippen LogP contribution in [0.5, 0.6) is 0 Å². The summed E-state index contributed by atoms with van der Waals surface area (Å²) in [6.45, 7) is 4.33. The third-order valence-corrected chi connectivity index (χ3v) is 2.57. The first kappa shape index (κ1) is 8.53. The van der Waals surface area contributed by atoms with Gasteiger partial charge in [0.05, 0.1) is 0 Å². The van der Waals surface area contributed by atoms with Gasteiger partial charge in [-0.05, 0) is 12.7 Å². The van der Waals surface area contributed by atoms with Crippen LogP contribution in [0.3, 0.4) is 0 Å². The largest absolute Gasteiger partial charge is 0.245 e. The van der Waals surface area contributed by atoms with E-state index in [2.05, 4.69) is 23.8 Å². The van der Waals surface area contributed by atoms with E-state index in [-0.39, 0.29) is 0 Å². The highest BCUT2D eigenvalue weighted by molar-refractivity contribution is 7.99. The van der Waals surface area contributed by atoms with Crippen LogP contribution in [0.4, 0.5) is 0 Å². The Balaban J connectivity index is 2.61. The van der Waals surface area contributed by atoms with E-state index in [1.165, 1.54) is 5.56 Å². The van der Waals surface area contributed by atoms with E-state index in [1.54, 1.807) is 6.33 Å². The Labute approximate surface area is 71.5 Å². The zero-order chi connectivity index (χ0) is 8.10. The van der Waals surface area contributed by atoms with E-state index in [0.29, 0.717) is 5.25 Å². The lowest BCUT2D eigenvalue weighted by Crippen LogP contribution is -1.90. The highest BCUT2D eigenvalue weighted by Gasteiger charge is 2.03. The molecule has 1 aromatic heterocycles. The maximum absolute atomic E-state index is 3.96. The Morgan fingerprint density at radius 3 is 2.64 bits per heavy atom. The summed E-state index contributed by atoms with van der Waals surface area (Å²) >= 11 is 1.90. The Morgan fingerprint density at radius 2 is 2.09 bits per heavy atom. The summed E-state index contributed by atoms with van der Waals surface area (Å²) in [6, 6.07) is 0. The summed E-state index contributed by atoms with van der Waals surface area (Å²) in [5, 5.41) is 0.515. The molecule has 0 amide bonds. The van der Waals surface area contributed by atoms with Crippen LogP contribution in [0.15, 0.2) is 18.7 Å². The minimum absolute atomic E-state index is 0.515. The molecule has 1 unspecified atom stereocenters. The number of thioether (sulfide) groups is 1. The van der Waals surface area contributed by atoms with E-state index in [0.717, 1.165) is 5.75 Å². The normalized spacial score (nSPS) is 12.9. The molecule has 0 saturated carbocycles. The van der Waals surface area contributed by atoms with E-state index >= 15 is 0 Å². The molecular formula is C8H12N2S. The smallest absolute Gasteiger partial charge is 0.115 e. The van der Waals surface area contributed by atoms with Crippen molar-refractivity contribution in [3.8, 4) is 0 Å². The molecule has 1 heterocycles. The molecule has 2 nitrogen and oxygen atoms in total.